The van der Waals surface area contributed by atoms with Gasteiger partial charge in [0, 0.05) is 32.7 Å². The van der Waals surface area contributed by atoms with Gasteiger partial charge in [0.15, 0.2) is 0 Å². The summed E-state index contributed by atoms with van der Waals surface area (Å²) in [6.07, 6.45) is 4.34. The van der Waals surface area contributed by atoms with Crippen LogP contribution in [0.4, 0.5) is 4.79 Å². The van der Waals surface area contributed by atoms with E-state index in [-0.39, 0.29) is 6.03 Å². The van der Waals surface area contributed by atoms with E-state index in [1.807, 2.05) is 35.2 Å². The SMILES string of the molecule is Cc1cc(C)cc(OCCNC(=O)N2CCN(C/C=C/c3ccccc3)CC2)c1. The van der Waals surface area contributed by atoms with Crippen molar-refractivity contribution in [3.63, 3.8) is 0 Å². The maximum absolute atomic E-state index is 12.4. The van der Waals surface area contributed by atoms with Crippen molar-refractivity contribution in [2.45, 2.75) is 13.8 Å². The zero-order valence-electron chi connectivity index (χ0n) is 17.4. The molecule has 154 valence electrons. The molecule has 1 N–H and O–H groups in total. The lowest BCUT2D eigenvalue weighted by atomic mass is 10.1. The molecule has 1 aliphatic heterocycles. The lowest BCUT2D eigenvalue weighted by Gasteiger charge is -2.34. The highest BCUT2D eigenvalue weighted by atomic mass is 16.5. The Hall–Kier alpha value is -2.79. The predicted octanol–water partition coefficient (Wildman–Crippen LogP) is 3.72. The van der Waals surface area contributed by atoms with Crippen molar-refractivity contribution in [3.05, 3.63) is 71.3 Å². The Labute approximate surface area is 174 Å². The molecule has 0 unspecified atom stereocenters. The maximum atomic E-state index is 12.4. The van der Waals surface area contributed by atoms with Crippen LogP contribution in [0.5, 0.6) is 5.75 Å². The van der Waals surface area contributed by atoms with Crippen molar-refractivity contribution in [3.8, 4) is 5.75 Å². The van der Waals surface area contributed by atoms with Crippen molar-refractivity contribution >= 4 is 12.1 Å². The third-order valence-corrected chi connectivity index (χ3v) is 4.98. The molecular weight excluding hydrogens is 362 g/mol. The predicted molar refractivity (Wildman–Crippen MR) is 118 cm³/mol. The molecule has 0 radical (unpaired) electrons. The highest BCUT2D eigenvalue weighted by molar-refractivity contribution is 5.74. The monoisotopic (exact) mass is 393 g/mol. The Morgan fingerprint density at radius 1 is 1.03 bits per heavy atom. The minimum absolute atomic E-state index is 0.00602. The number of carbonyl (C=O) groups excluding carboxylic acids is 1. The fraction of sp³-hybridized carbons (Fsp3) is 0.375. The van der Waals surface area contributed by atoms with E-state index in [9.17, 15) is 4.79 Å². The van der Waals surface area contributed by atoms with Crippen LogP contribution in [-0.2, 0) is 0 Å². The molecule has 0 aromatic heterocycles. The van der Waals surface area contributed by atoms with E-state index >= 15 is 0 Å². The van der Waals surface area contributed by atoms with E-state index < -0.39 is 0 Å². The topological polar surface area (TPSA) is 44.8 Å². The van der Waals surface area contributed by atoms with Gasteiger partial charge in [0.05, 0.1) is 6.54 Å². The summed E-state index contributed by atoms with van der Waals surface area (Å²) in [7, 11) is 0. The Morgan fingerprint density at radius 2 is 1.72 bits per heavy atom. The molecule has 0 atom stereocenters. The number of nitrogens with zero attached hydrogens (tertiary/aromatic N) is 2. The van der Waals surface area contributed by atoms with Crippen LogP contribution in [0.15, 0.2) is 54.6 Å². The molecule has 2 aromatic carbocycles. The summed E-state index contributed by atoms with van der Waals surface area (Å²) < 4.78 is 5.75. The van der Waals surface area contributed by atoms with Crippen LogP contribution in [0.1, 0.15) is 16.7 Å². The molecule has 1 aliphatic rings. The third kappa shape index (κ3) is 6.95. The largest absolute Gasteiger partial charge is 0.492 e. The molecule has 0 spiro atoms. The second kappa shape index (κ2) is 10.7. The molecule has 0 saturated carbocycles. The number of ether oxygens (including phenoxy) is 1. The average Bonchev–Trinajstić information content (AvgIpc) is 2.72. The molecule has 2 aromatic rings. The first-order chi connectivity index (χ1) is 14.1. The highest BCUT2D eigenvalue weighted by Crippen LogP contribution is 2.15. The van der Waals surface area contributed by atoms with Gasteiger partial charge in [-0.2, -0.15) is 0 Å². The maximum Gasteiger partial charge on any atom is 0.317 e. The van der Waals surface area contributed by atoms with Gasteiger partial charge in [-0.3, -0.25) is 4.90 Å². The fourth-order valence-corrected chi connectivity index (χ4v) is 3.49. The van der Waals surface area contributed by atoms with E-state index in [1.54, 1.807) is 0 Å². The van der Waals surface area contributed by atoms with E-state index in [0.29, 0.717) is 13.2 Å². The molecule has 2 amide bonds. The third-order valence-electron chi connectivity index (χ3n) is 4.98. The van der Waals surface area contributed by atoms with Crippen molar-refractivity contribution in [1.82, 2.24) is 15.1 Å². The zero-order chi connectivity index (χ0) is 20.5. The minimum atomic E-state index is -0.00602. The molecule has 0 aliphatic carbocycles. The highest BCUT2D eigenvalue weighted by Gasteiger charge is 2.19. The Morgan fingerprint density at radius 3 is 2.41 bits per heavy atom. The van der Waals surface area contributed by atoms with Gasteiger partial charge in [-0.05, 0) is 42.7 Å². The molecule has 3 rings (SSSR count). The second-order valence-corrected chi connectivity index (χ2v) is 7.50. The Kier molecular flexibility index (Phi) is 7.70. The van der Waals surface area contributed by atoms with Gasteiger partial charge in [-0.1, -0.05) is 48.6 Å². The first-order valence-electron chi connectivity index (χ1n) is 10.3. The van der Waals surface area contributed by atoms with Crippen LogP contribution in [0.3, 0.4) is 0 Å². The van der Waals surface area contributed by atoms with Crippen LogP contribution in [0, 0.1) is 13.8 Å². The first kappa shape index (κ1) is 20.9. The summed E-state index contributed by atoms with van der Waals surface area (Å²) in [6.45, 7) is 9.29. The standard InChI is InChI=1S/C24H31N3O2/c1-20-17-21(2)19-23(18-20)29-16-10-25-24(28)27-14-12-26(13-15-27)11-6-9-22-7-4-3-5-8-22/h3-9,17-19H,10-16H2,1-2H3,(H,25,28)/b9-6+. The summed E-state index contributed by atoms with van der Waals surface area (Å²) in [4.78, 5) is 16.6. The van der Waals surface area contributed by atoms with Crippen molar-refractivity contribution in [2.75, 3.05) is 45.9 Å². The van der Waals surface area contributed by atoms with Crippen LogP contribution in [-0.4, -0.2) is 61.7 Å². The van der Waals surface area contributed by atoms with Gasteiger partial charge >= 0.3 is 6.03 Å². The van der Waals surface area contributed by atoms with E-state index in [2.05, 4.69) is 54.4 Å². The molecule has 1 fully saturated rings. The number of hydrogen-bond donors (Lipinski definition) is 1. The molecule has 5 heteroatoms. The van der Waals surface area contributed by atoms with E-state index in [0.717, 1.165) is 38.5 Å². The molecular formula is C24H31N3O2. The second-order valence-electron chi connectivity index (χ2n) is 7.50. The summed E-state index contributed by atoms with van der Waals surface area (Å²) in [5.74, 6) is 0.855. The molecule has 0 bridgehead atoms. The number of urea groups is 1. The molecule has 1 saturated heterocycles. The number of carbonyl (C=O) groups is 1. The van der Waals surface area contributed by atoms with Crippen molar-refractivity contribution in [2.24, 2.45) is 0 Å². The minimum Gasteiger partial charge on any atom is -0.492 e. The molecule has 1 heterocycles. The lowest BCUT2D eigenvalue weighted by Crippen LogP contribution is -2.52. The number of amides is 2. The number of rotatable bonds is 7. The quantitative estimate of drug-likeness (QED) is 0.729. The van der Waals surface area contributed by atoms with E-state index in [4.69, 9.17) is 4.74 Å². The van der Waals surface area contributed by atoms with Crippen LogP contribution in [0.25, 0.3) is 6.08 Å². The van der Waals surface area contributed by atoms with Crippen molar-refractivity contribution < 1.29 is 9.53 Å². The number of benzene rings is 2. The van der Waals surface area contributed by atoms with Gasteiger partial charge in [0.25, 0.3) is 0 Å². The number of piperazine rings is 1. The number of aryl methyl sites for hydroxylation is 2. The Bertz CT molecular complexity index is 792. The van der Waals surface area contributed by atoms with Crippen LogP contribution >= 0.6 is 0 Å². The Balaban J connectivity index is 1.32. The summed E-state index contributed by atoms with van der Waals surface area (Å²) in [6, 6.07) is 16.5. The normalized spacial score (nSPS) is 14.9. The molecule has 29 heavy (non-hydrogen) atoms. The average molecular weight is 394 g/mol. The number of nitrogens with one attached hydrogen (secondary N) is 1. The first-order valence-corrected chi connectivity index (χ1v) is 10.3. The van der Waals surface area contributed by atoms with Gasteiger partial charge in [-0.15, -0.1) is 0 Å². The van der Waals surface area contributed by atoms with Crippen LogP contribution < -0.4 is 10.1 Å². The van der Waals surface area contributed by atoms with Crippen LogP contribution in [0.2, 0.25) is 0 Å². The summed E-state index contributed by atoms with van der Waals surface area (Å²) >= 11 is 0. The van der Waals surface area contributed by atoms with E-state index in [1.165, 1.54) is 16.7 Å². The fourth-order valence-electron chi connectivity index (χ4n) is 3.49. The lowest BCUT2D eigenvalue weighted by molar-refractivity contribution is 0.145. The van der Waals surface area contributed by atoms with Gasteiger partial charge in [-0.25, -0.2) is 4.79 Å². The van der Waals surface area contributed by atoms with Crippen molar-refractivity contribution in [1.29, 1.82) is 0 Å². The smallest absolute Gasteiger partial charge is 0.317 e. The zero-order valence-corrected chi connectivity index (χ0v) is 17.4. The van der Waals surface area contributed by atoms with Gasteiger partial charge < -0.3 is 15.0 Å². The van der Waals surface area contributed by atoms with Gasteiger partial charge in [0.2, 0.25) is 0 Å². The summed E-state index contributed by atoms with van der Waals surface area (Å²) in [5, 5.41) is 2.96. The number of hydrogen-bond acceptors (Lipinski definition) is 3. The van der Waals surface area contributed by atoms with Gasteiger partial charge in [0.1, 0.15) is 12.4 Å². The molecule has 5 nitrogen and oxygen atoms in total. The summed E-state index contributed by atoms with van der Waals surface area (Å²) in [5.41, 5.74) is 3.58.